The Morgan fingerprint density at radius 2 is 1.83 bits per heavy atom. The van der Waals surface area contributed by atoms with Crippen molar-refractivity contribution in [3.05, 3.63) is 54.0 Å². The van der Waals surface area contributed by atoms with Crippen LogP contribution in [-0.4, -0.2) is 44.3 Å². The molecule has 0 radical (unpaired) electrons. The molecule has 0 unspecified atom stereocenters. The highest BCUT2D eigenvalue weighted by Gasteiger charge is 2.26. The Balaban J connectivity index is 1.54. The van der Waals surface area contributed by atoms with Crippen molar-refractivity contribution in [2.45, 2.75) is 37.1 Å². The number of carbonyl (C=O) groups excluding carboxylic acids is 2. The van der Waals surface area contributed by atoms with E-state index < -0.39 is 28.5 Å². The zero-order valence-corrected chi connectivity index (χ0v) is 17.0. The molecule has 0 saturated carbocycles. The minimum absolute atomic E-state index is 0.140. The molecule has 0 aliphatic carbocycles. The Hall–Kier alpha value is -2.65. The van der Waals surface area contributed by atoms with Crippen molar-refractivity contribution in [1.29, 1.82) is 0 Å². The molecule has 1 aromatic heterocycles. The van der Waals surface area contributed by atoms with Gasteiger partial charge < -0.3 is 14.5 Å². The second-order valence-corrected chi connectivity index (χ2v) is 8.81. The van der Waals surface area contributed by atoms with Gasteiger partial charge in [0.2, 0.25) is 10.0 Å². The standard InChI is InChI=1S/C20H24N2O6S/c1-15(18-6-5-13-27-18)21-19(23)14-28-20(24)16-7-9-17(10-8-16)29(25,26)22-11-3-2-4-12-22/h5-10,13,15H,2-4,11-12,14H2,1H3,(H,21,23)/t15-/m1/s1. The van der Waals surface area contributed by atoms with Gasteiger partial charge in [0, 0.05) is 13.1 Å². The van der Waals surface area contributed by atoms with Gasteiger partial charge in [-0.25, -0.2) is 13.2 Å². The molecule has 2 aromatic rings. The number of rotatable bonds is 7. The molecule has 1 aliphatic rings. The molecular formula is C20H24N2O6S. The van der Waals surface area contributed by atoms with Gasteiger partial charge in [0.15, 0.2) is 6.61 Å². The van der Waals surface area contributed by atoms with Crippen LogP contribution in [0.1, 0.15) is 48.3 Å². The highest BCUT2D eigenvalue weighted by atomic mass is 32.2. The van der Waals surface area contributed by atoms with Crippen LogP contribution in [0.2, 0.25) is 0 Å². The normalized spacial score (nSPS) is 16.2. The first-order valence-corrected chi connectivity index (χ1v) is 10.9. The lowest BCUT2D eigenvalue weighted by Gasteiger charge is -2.25. The smallest absolute Gasteiger partial charge is 0.338 e. The van der Waals surface area contributed by atoms with Crippen molar-refractivity contribution in [2.24, 2.45) is 0 Å². The molecule has 1 saturated heterocycles. The van der Waals surface area contributed by atoms with Gasteiger partial charge in [-0.15, -0.1) is 0 Å². The molecule has 29 heavy (non-hydrogen) atoms. The van der Waals surface area contributed by atoms with E-state index in [0.29, 0.717) is 18.8 Å². The third-order valence-electron chi connectivity index (χ3n) is 4.72. The quantitative estimate of drug-likeness (QED) is 0.690. The van der Waals surface area contributed by atoms with Crippen molar-refractivity contribution in [3.8, 4) is 0 Å². The first-order chi connectivity index (χ1) is 13.9. The Bertz CT molecular complexity index is 932. The van der Waals surface area contributed by atoms with Gasteiger partial charge in [0.25, 0.3) is 5.91 Å². The fraction of sp³-hybridized carbons (Fsp3) is 0.400. The zero-order chi connectivity index (χ0) is 20.9. The molecule has 1 N–H and O–H groups in total. The Kier molecular flexibility index (Phi) is 6.71. The molecule has 156 valence electrons. The molecule has 1 aromatic carbocycles. The van der Waals surface area contributed by atoms with Crippen LogP contribution in [0.25, 0.3) is 0 Å². The number of sulfonamides is 1. The summed E-state index contributed by atoms with van der Waals surface area (Å²) in [4.78, 5) is 24.2. The third kappa shape index (κ3) is 5.24. The van der Waals surface area contributed by atoms with Crippen molar-refractivity contribution in [3.63, 3.8) is 0 Å². The van der Waals surface area contributed by atoms with Gasteiger partial charge in [-0.3, -0.25) is 4.79 Å². The highest BCUT2D eigenvalue weighted by Crippen LogP contribution is 2.21. The number of ether oxygens (including phenoxy) is 1. The SMILES string of the molecule is C[C@@H](NC(=O)COC(=O)c1ccc(S(=O)(=O)N2CCCCC2)cc1)c1ccco1. The number of piperidine rings is 1. The summed E-state index contributed by atoms with van der Waals surface area (Å²) in [7, 11) is -3.56. The number of nitrogens with one attached hydrogen (secondary N) is 1. The second-order valence-electron chi connectivity index (χ2n) is 6.87. The van der Waals surface area contributed by atoms with E-state index in [4.69, 9.17) is 9.15 Å². The minimum atomic E-state index is -3.56. The number of hydrogen-bond acceptors (Lipinski definition) is 6. The average molecular weight is 420 g/mol. The average Bonchev–Trinajstić information content (AvgIpc) is 3.28. The number of hydrogen-bond donors (Lipinski definition) is 1. The number of carbonyl (C=O) groups is 2. The number of esters is 1. The fourth-order valence-corrected chi connectivity index (χ4v) is 4.64. The van der Waals surface area contributed by atoms with Crippen molar-refractivity contribution >= 4 is 21.9 Å². The summed E-state index contributed by atoms with van der Waals surface area (Å²) >= 11 is 0. The van der Waals surface area contributed by atoms with Gasteiger partial charge in [-0.1, -0.05) is 6.42 Å². The van der Waals surface area contributed by atoms with E-state index in [1.807, 2.05) is 0 Å². The van der Waals surface area contributed by atoms with Crippen molar-refractivity contribution in [1.82, 2.24) is 9.62 Å². The van der Waals surface area contributed by atoms with Crippen LogP contribution in [0.15, 0.2) is 52.0 Å². The summed E-state index contributed by atoms with van der Waals surface area (Å²) < 4.78 is 36.9. The largest absolute Gasteiger partial charge is 0.467 e. The number of nitrogens with zero attached hydrogens (tertiary/aromatic N) is 1. The molecule has 1 fully saturated rings. The molecule has 3 rings (SSSR count). The Morgan fingerprint density at radius 3 is 2.45 bits per heavy atom. The second kappa shape index (κ2) is 9.23. The van der Waals surface area contributed by atoms with E-state index in [1.54, 1.807) is 19.1 Å². The van der Waals surface area contributed by atoms with Gasteiger partial charge in [-0.05, 0) is 56.2 Å². The van der Waals surface area contributed by atoms with Crippen LogP contribution >= 0.6 is 0 Å². The van der Waals surface area contributed by atoms with Gasteiger partial charge in [-0.2, -0.15) is 4.31 Å². The maximum atomic E-state index is 12.6. The molecule has 9 heteroatoms. The predicted molar refractivity (Wildman–Crippen MR) is 105 cm³/mol. The third-order valence-corrected chi connectivity index (χ3v) is 6.64. The van der Waals surface area contributed by atoms with Crippen LogP contribution < -0.4 is 5.32 Å². The van der Waals surface area contributed by atoms with E-state index in [0.717, 1.165) is 19.3 Å². The topological polar surface area (TPSA) is 106 Å². The number of furan rings is 1. The lowest BCUT2D eigenvalue weighted by molar-refractivity contribution is -0.125. The summed E-state index contributed by atoms with van der Waals surface area (Å²) in [5.41, 5.74) is 0.175. The minimum Gasteiger partial charge on any atom is -0.467 e. The molecule has 1 atom stereocenters. The van der Waals surface area contributed by atoms with Crippen LogP contribution in [-0.2, 0) is 19.6 Å². The number of benzene rings is 1. The Labute approximate surface area is 169 Å². The summed E-state index contributed by atoms with van der Waals surface area (Å²) in [6.45, 7) is 2.33. The lowest BCUT2D eigenvalue weighted by atomic mass is 10.2. The number of amides is 1. The molecule has 0 bridgehead atoms. The summed E-state index contributed by atoms with van der Waals surface area (Å²) in [5, 5.41) is 2.66. The van der Waals surface area contributed by atoms with E-state index in [9.17, 15) is 18.0 Å². The monoisotopic (exact) mass is 420 g/mol. The summed E-state index contributed by atoms with van der Waals surface area (Å²) in [6, 6.07) is 8.66. The summed E-state index contributed by atoms with van der Waals surface area (Å²) in [5.74, 6) is -0.575. The van der Waals surface area contributed by atoms with Gasteiger partial charge in [0.1, 0.15) is 5.76 Å². The van der Waals surface area contributed by atoms with Crippen LogP contribution in [0, 0.1) is 0 Å². The Morgan fingerprint density at radius 1 is 1.14 bits per heavy atom. The van der Waals surface area contributed by atoms with Crippen LogP contribution in [0.4, 0.5) is 0 Å². The molecule has 1 aliphatic heterocycles. The van der Waals surface area contributed by atoms with Crippen LogP contribution in [0.5, 0.6) is 0 Å². The molecule has 0 spiro atoms. The zero-order valence-electron chi connectivity index (χ0n) is 16.2. The maximum Gasteiger partial charge on any atom is 0.338 e. The lowest BCUT2D eigenvalue weighted by Crippen LogP contribution is -2.35. The van der Waals surface area contributed by atoms with Crippen molar-refractivity contribution in [2.75, 3.05) is 19.7 Å². The van der Waals surface area contributed by atoms with E-state index >= 15 is 0 Å². The highest BCUT2D eigenvalue weighted by molar-refractivity contribution is 7.89. The van der Waals surface area contributed by atoms with E-state index in [1.165, 1.54) is 34.8 Å². The first-order valence-electron chi connectivity index (χ1n) is 9.48. The fourth-order valence-electron chi connectivity index (χ4n) is 3.12. The first kappa shape index (κ1) is 21.1. The maximum absolute atomic E-state index is 12.6. The predicted octanol–water partition coefficient (Wildman–Crippen LogP) is 2.49. The van der Waals surface area contributed by atoms with E-state index in [2.05, 4.69) is 5.32 Å². The summed E-state index contributed by atoms with van der Waals surface area (Å²) in [6.07, 6.45) is 4.24. The van der Waals surface area contributed by atoms with E-state index in [-0.39, 0.29) is 16.5 Å². The molecular weight excluding hydrogens is 396 g/mol. The van der Waals surface area contributed by atoms with Gasteiger partial charge >= 0.3 is 5.97 Å². The molecule has 2 heterocycles. The van der Waals surface area contributed by atoms with Gasteiger partial charge in [0.05, 0.1) is 22.8 Å². The molecule has 1 amide bonds. The van der Waals surface area contributed by atoms with Crippen LogP contribution in [0.3, 0.4) is 0 Å². The van der Waals surface area contributed by atoms with Crippen molar-refractivity contribution < 1.29 is 27.2 Å². The molecule has 8 nitrogen and oxygen atoms in total.